The van der Waals surface area contributed by atoms with Crippen molar-refractivity contribution in [1.29, 1.82) is 0 Å². The van der Waals surface area contributed by atoms with Crippen LogP contribution in [0.5, 0.6) is 0 Å². The Morgan fingerprint density at radius 3 is 2.57 bits per heavy atom. The lowest BCUT2D eigenvalue weighted by Crippen LogP contribution is -2.35. The van der Waals surface area contributed by atoms with Crippen molar-refractivity contribution >= 4 is 17.8 Å². The van der Waals surface area contributed by atoms with Gasteiger partial charge in [-0.2, -0.15) is 0 Å². The fourth-order valence-corrected chi connectivity index (χ4v) is 1.82. The highest BCUT2D eigenvalue weighted by molar-refractivity contribution is 5.94. The first-order chi connectivity index (χ1) is 11.1. The van der Waals surface area contributed by atoms with Gasteiger partial charge in [0.1, 0.15) is 13.2 Å². The Labute approximate surface area is 133 Å². The van der Waals surface area contributed by atoms with Crippen molar-refractivity contribution in [1.82, 2.24) is 5.32 Å². The lowest BCUT2D eigenvalue weighted by Gasteiger charge is -2.05. The number of amides is 1. The predicted octanol–water partition coefficient (Wildman–Crippen LogP) is 0.567. The van der Waals surface area contributed by atoms with Gasteiger partial charge in [-0.05, 0) is 12.0 Å². The van der Waals surface area contributed by atoms with Gasteiger partial charge >= 0.3 is 11.9 Å². The Bertz CT molecular complexity index is 559. The molecule has 0 aromatic heterocycles. The Morgan fingerprint density at radius 2 is 1.87 bits per heavy atom. The number of rotatable bonds is 8. The Hall–Kier alpha value is -2.41. The minimum atomic E-state index is -0.888. The van der Waals surface area contributed by atoms with Crippen LogP contribution in [0.15, 0.2) is 30.3 Å². The number of epoxide rings is 1. The van der Waals surface area contributed by atoms with Gasteiger partial charge in [0.25, 0.3) is 5.91 Å². The topological polar surface area (TPSA) is 94.2 Å². The van der Waals surface area contributed by atoms with Crippen LogP contribution in [0.4, 0.5) is 0 Å². The molecule has 0 bridgehead atoms. The number of hydrogen-bond acceptors (Lipinski definition) is 6. The molecule has 0 radical (unpaired) electrons. The SMILES string of the molecule is CCCOC(=O)C1OC1C(=O)NCC(=O)OCc1ccccc1. The molecule has 1 saturated heterocycles. The zero-order chi connectivity index (χ0) is 16.7. The van der Waals surface area contributed by atoms with Gasteiger partial charge < -0.3 is 19.5 Å². The maximum Gasteiger partial charge on any atom is 0.338 e. The van der Waals surface area contributed by atoms with Gasteiger partial charge in [0.2, 0.25) is 0 Å². The smallest absolute Gasteiger partial charge is 0.338 e. The highest BCUT2D eigenvalue weighted by Gasteiger charge is 2.51. The lowest BCUT2D eigenvalue weighted by molar-refractivity contribution is -0.145. The molecule has 124 valence electrons. The summed E-state index contributed by atoms with van der Waals surface area (Å²) >= 11 is 0. The maximum absolute atomic E-state index is 11.7. The summed E-state index contributed by atoms with van der Waals surface area (Å²) in [6.45, 7) is 2.02. The van der Waals surface area contributed by atoms with E-state index in [1.165, 1.54) is 0 Å². The Balaban J connectivity index is 1.63. The van der Waals surface area contributed by atoms with Gasteiger partial charge in [0, 0.05) is 0 Å². The molecule has 2 rings (SSSR count). The second-order valence-electron chi connectivity index (χ2n) is 5.01. The molecule has 1 aliphatic rings. The lowest BCUT2D eigenvalue weighted by atomic mass is 10.2. The summed E-state index contributed by atoms with van der Waals surface area (Å²) in [7, 11) is 0. The van der Waals surface area contributed by atoms with Gasteiger partial charge in [-0.3, -0.25) is 9.59 Å². The van der Waals surface area contributed by atoms with Crippen LogP contribution in [0.25, 0.3) is 0 Å². The molecule has 1 aromatic carbocycles. The van der Waals surface area contributed by atoms with Crippen LogP contribution in [-0.2, 0) is 35.2 Å². The highest BCUT2D eigenvalue weighted by Crippen LogP contribution is 2.23. The van der Waals surface area contributed by atoms with E-state index in [9.17, 15) is 14.4 Å². The molecule has 2 unspecified atom stereocenters. The zero-order valence-electron chi connectivity index (χ0n) is 12.8. The molecule has 23 heavy (non-hydrogen) atoms. The molecule has 2 atom stereocenters. The van der Waals surface area contributed by atoms with Crippen LogP contribution in [-0.4, -0.2) is 43.2 Å². The van der Waals surface area contributed by atoms with Crippen molar-refractivity contribution in [2.75, 3.05) is 13.2 Å². The number of benzene rings is 1. The van der Waals surface area contributed by atoms with Crippen molar-refractivity contribution in [2.45, 2.75) is 32.2 Å². The van der Waals surface area contributed by atoms with Crippen LogP contribution >= 0.6 is 0 Å². The van der Waals surface area contributed by atoms with Crippen LogP contribution in [0.2, 0.25) is 0 Å². The summed E-state index contributed by atoms with van der Waals surface area (Å²) in [6.07, 6.45) is -1.06. The van der Waals surface area contributed by atoms with Crippen LogP contribution < -0.4 is 5.32 Å². The van der Waals surface area contributed by atoms with Crippen molar-refractivity contribution < 1.29 is 28.6 Å². The van der Waals surface area contributed by atoms with E-state index in [-0.39, 0.29) is 13.2 Å². The molecule has 1 heterocycles. The number of ether oxygens (including phenoxy) is 3. The molecule has 1 amide bonds. The van der Waals surface area contributed by atoms with E-state index in [0.717, 1.165) is 5.56 Å². The summed E-state index contributed by atoms with van der Waals surface area (Å²) in [6, 6.07) is 9.20. The molecule has 7 nitrogen and oxygen atoms in total. The van der Waals surface area contributed by atoms with E-state index in [4.69, 9.17) is 14.2 Å². The summed E-state index contributed by atoms with van der Waals surface area (Å²) in [5.41, 5.74) is 0.858. The third kappa shape index (κ3) is 5.37. The molecule has 0 spiro atoms. The minimum absolute atomic E-state index is 0.140. The van der Waals surface area contributed by atoms with Crippen molar-refractivity contribution in [3.8, 4) is 0 Å². The van der Waals surface area contributed by atoms with Crippen molar-refractivity contribution in [3.63, 3.8) is 0 Å². The predicted molar refractivity (Wildman–Crippen MR) is 79.2 cm³/mol. The number of esters is 2. The van der Waals surface area contributed by atoms with Gasteiger partial charge in [-0.25, -0.2) is 4.79 Å². The van der Waals surface area contributed by atoms with E-state index in [1.54, 1.807) is 0 Å². The number of hydrogen-bond donors (Lipinski definition) is 1. The molecule has 1 aliphatic heterocycles. The number of carbonyl (C=O) groups excluding carboxylic acids is 3. The summed E-state index contributed by atoms with van der Waals surface area (Å²) < 4.78 is 14.9. The second kappa shape index (κ2) is 8.28. The van der Waals surface area contributed by atoms with E-state index < -0.39 is 30.1 Å². The fourth-order valence-electron chi connectivity index (χ4n) is 1.82. The van der Waals surface area contributed by atoms with Crippen molar-refractivity contribution in [3.05, 3.63) is 35.9 Å². The minimum Gasteiger partial charge on any atom is -0.464 e. The maximum atomic E-state index is 11.7. The normalized spacial score (nSPS) is 18.8. The number of carbonyl (C=O) groups is 3. The first kappa shape index (κ1) is 17.0. The van der Waals surface area contributed by atoms with E-state index in [1.807, 2.05) is 37.3 Å². The summed E-state index contributed by atoms with van der Waals surface area (Å²) in [5.74, 6) is -1.65. The third-order valence-electron chi connectivity index (χ3n) is 3.08. The van der Waals surface area contributed by atoms with Crippen LogP contribution in [0, 0.1) is 0 Å². The first-order valence-corrected chi connectivity index (χ1v) is 7.41. The summed E-state index contributed by atoms with van der Waals surface area (Å²) in [4.78, 5) is 34.7. The highest BCUT2D eigenvalue weighted by atomic mass is 16.6. The fraction of sp³-hybridized carbons (Fsp3) is 0.438. The Kier molecular flexibility index (Phi) is 6.10. The summed E-state index contributed by atoms with van der Waals surface area (Å²) in [5, 5.41) is 2.38. The average molecular weight is 321 g/mol. The quantitative estimate of drug-likeness (QED) is 0.555. The van der Waals surface area contributed by atoms with Gasteiger partial charge in [-0.1, -0.05) is 37.3 Å². The van der Waals surface area contributed by atoms with Crippen molar-refractivity contribution in [2.24, 2.45) is 0 Å². The first-order valence-electron chi connectivity index (χ1n) is 7.41. The molecule has 0 aliphatic carbocycles. The molecule has 1 aromatic rings. The van der Waals surface area contributed by atoms with Crippen LogP contribution in [0.3, 0.4) is 0 Å². The number of nitrogens with one attached hydrogen (secondary N) is 1. The molecule has 7 heteroatoms. The molecule has 1 fully saturated rings. The third-order valence-corrected chi connectivity index (χ3v) is 3.08. The molecule has 1 N–H and O–H groups in total. The monoisotopic (exact) mass is 321 g/mol. The average Bonchev–Trinajstić information content (AvgIpc) is 3.37. The van der Waals surface area contributed by atoms with Gasteiger partial charge in [0.15, 0.2) is 12.2 Å². The molecular weight excluding hydrogens is 302 g/mol. The van der Waals surface area contributed by atoms with Gasteiger partial charge in [0.05, 0.1) is 6.61 Å². The van der Waals surface area contributed by atoms with E-state index in [0.29, 0.717) is 13.0 Å². The van der Waals surface area contributed by atoms with Gasteiger partial charge in [-0.15, -0.1) is 0 Å². The molecule has 0 saturated carbocycles. The largest absolute Gasteiger partial charge is 0.464 e. The zero-order valence-corrected chi connectivity index (χ0v) is 12.8. The standard InChI is InChI=1S/C16H19NO6/c1-2-8-21-16(20)14-13(23-14)15(19)17-9-12(18)22-10-11-6-4-3-5-7-11/h3-7,13-14H,2,8-10H2,1H3,(H,17,19). The van der Waals surface area contributed by atoms with E-state index >= 15 is 0 Å². The van der Waals surface area contributed by atoms with Crippen LogP contribution in [0.1, 0.15) is 18.9 Å². The Morgan fingerprint density at radius 1 is 1.13 bits per heavy atom. The van der Waals surface area contributed by atoms with E-state index in [2.05, 4.69) is 5.32 Å². The molecular formula is C16H19NO6. The second-order valence-corrected chi connectivity index (χ2v) is 5.01.